The predicted octanol–water partition coefficient (Wildman–Crippen LogP) is 2.93. The summed E-state index contributed by atoms with van der Waals surface area (Å²) >= 11 is 6.05. The molecule has 1 aliphatic heterocycles. The van der Waals surface area contributed by atoms with Crippen LogP contribution in [-0.2, 0) is 23.8 Å². The van der Waals surface area contributed by atoms with E-state index in [0.29, 0.717) is 36.9 Å². The SMILES string of the molecule is COC(=O)C1=C(C)C=C(N2CCOCC2)[C@H](C(=O)OC)[C@H]1c1ccc(Cl)cc1. The minimum Gasteiger partial charge on any atom is -0.468 e. The van der Waals surface area contributed by atoms with Gasteiger partial charge in [0, 0.05) is 35.3 Å². The van der Waals surface area contributed by atoms with Crippen LogP contribution in [0.25, 0.3) is 0 Å². The van der Waals surface area contributed by atoms with Crippen LogP contribution in [0, 0.1) is 5.92 Å². The van der Waals surface area contributed by atoms with Crippen LogP contribution in [-0.4, -0.2) is 57.4 Å². The van der Waals surface area contributed by atoms with E-state index in [9.17, 15) is 9.59 Å². The van der Waals surface area contributed by atoms with Crippen molar-refractivity contribution in [2.45, 2.75) is 12.8 Å². The Hall–Kier alpha value is -2.31. The van der Waals surface area contributed by atoms with Crippen molar-refractivity contribution in [3.8, 4) is 0 Å². The molecule has 28 heavy (non-hydrogen) atoms. The highest BCUT2D eigenvalue weighted by atomic mass is 35.5. The van der Waals surface area contributed by atoms with Crippen LogP contribution in [0.2, 0.25) is 5.02 Å². The van der Waals surface area contributed by atoms with Crippen molar-refractivity contribution in [2.75, 3.05) is 40.5 Å². The summed E-state index contributed by atoms with van der Waals surface area (Å²) in [6.07, 6.45) is 1.89. The van der Waals surface area contributed by atoms with E-state index in [4.69, 9.17) is 25.8 Å². The van der Waals surface area contributed by atoms with Crippen molar-refractivity contribution in [3.05, 3.63) is 57.8 Å². The van der Waals surface area contributed by atoms with E-state index >= 15 is 0 Å². The number of methoxy groups -OCH3 is 2. The maximum Gasteiger partial charge on any atom is 0.334 e. The van der Waals surface area contributed by atoms with Gasteiger partial charge in [0.25, 0.3) is 0 Å². The average Bonchev–Trinajstić information content (AvgIpc) is 2.73. The van der Waals surface area contributed by atoms with Gasteiger partial charge in [-0.05, 0) is 36.3 Å². The fourth-order valence-electron chi connectivity index (χ4n) is 3.89. The molecule has 0 amide bonds. The number of carbonyl (C=O) groups is 2. The molecule has 0 radical (unpaired) electrons. The summed E-state index contributed by atoms with van der Waals surface area (Å²) in [6, 6.07) is 7.17. The van der Waals surface area contributed by atoms with Gasteiger partial charge in [0.05, 0.1) is 27.4 Å². The molecule has 6 nitrogen and oxygen atoms in total. The fraction of sp³-hybridized carbons (Fsp3) is 0.429. The number of esters is 2. The molecule has 3 rings (SSSR count). The number of morpholine rings is 1. The Morgan fingerprint density at radius 3 is 2.32 bits per heavy atom. The molecule has 1 aliphatic carbocycles. The van der Waals surface area contributed by atoms with Crippen LogP contribution in [0.15, 0.2) is 47.2 Å². The van der Waals surface area contributed by atoms with E-state index in [2.05, 4.69) is 4.90 Å². The molecular formula is C21H24ClNO5. The van der Waals surface area contributed by atoms with Crippen molar-refractivity contribution in [2.24, 2.45) is 5.92 Å². The summed E-state index contributed by atoms with van der Waals surface area (Å²) in [5.74, 6) is -2.04. The number of rotatable bonds is 4. The molecule has 1 aromatic rings. The molecular weight excluding hydrogens is 382 g/mol. The molecule has 0 bridgehead atoms. The lowest BCUT2D eigenvalue weighted by molar-refractivity contribution is -0.145. The first kappa shape index (κ1) is 20.4. The largest absolute Gasteiger partial charge is 0.468 e. The third-order valence-electron chi connectivity index (χ3n) is 5.22. The fourth-order valence-corrected chi connectivity index (χ4v) is 4.02. The van der Waals surface area contributed by atoms with Crippen molar-refractivity contribution >= 4 is 23.5 Å². The molecule has 1 heterocycles. The number of hydrogen-bond donors (Lipinski definition) is 0. The Bertz CT molecular complexity index is 809. The van der Waals surface area contributed by atoms with Gasteiger partial charge in [-0.25, -0.2) is 4.79 Å². The standard InChI is InChI=1S/C21H24ClNO5/c1-13-12-16(23-8-10-28-11-9-23)19(21(25)27-3)18(17(13)20(24)26-2)14-4-6-15(22)7-5-14/h4-7,12,18-19H,8-11H2,1-3H3/t18-,19-/m0/s1. The third kappa shape index (κ3) is 3.93. The maximum atomic E-state index is 12.9. The van der Waals surface area contributed by atoms with Gasteiger partial charge in [-0.15, -0.1) is 0 Å². The molecule has 0 saturated carbocycles. The Morgan fingerprint density at radius 2 is 1.75 bits per heavy atom. The number of hydrogen-bond acceptors (Lipinski definition) is 6. The van der Waals surface area contributed by atoms with Crippen LogP contribution >= 0.6 is 11.6 Å². The van der Waals surface area contributed by atoms with Crippen LogP contribution in [0.1, 0.15) is 18.4 Å². The first-order valence-corrected chi connectivity index (χ1v) is 9.52. The molecule has 1 fully saturated rings. The molecule has 150 valence electrons. The summed E-state index contributed by atoms with van der Waals surface area (Å²) < 4.78 is 15.6. The van der Waals surface area contributed by atoms with Gasteiger partial charge in [-0.1, -0.05) is 23.7 Å². The van der Waals surface area contributed by atoms with Gasteiger partial charge in [0.15, 0.2) is 0 Å². The van der Waals surface area contributed by atoms with Crippen LogP contribution < -0.4 is 0 Å². The average molecular weight is 406 g/mol. The maximum absolute atomic E-state index is 12.9. The smallest absolute Gasteiger partial charge is 0.334 e. The zero-order chi connectivity index (χ0) is 20.3. The lowest BCUT2D eigenvalue weighted by Crippen LogP contribution is -2.43. The highest BCUT2D eigenvalue weighted by Crippen LogP contribution is 2.44. The quantitative estimate of drug-likeness (QED) is 0.717. The summed E-state index contributed by atoms with van der Waals surface area (Å²) in [4.78, 5) is 27.7. The molecule has 1 aromatic carbocycles. The van der Waals surface area contributed by atoms with Gasteiger partial charge in [-0.3, -0.25) is 4.79 Å². The van der Waals surface area contributed by atoms with Gasteiger partial charge in [-0.2, -0.15) is 0 Å². The first-order chi connectivity index (χ1) is 13.5. The number of nitrogens with zero attached hydrogens (tertiary/aromatic N) is 1. The highest BCUT2D eigenvalue weighted by molar-refractivity contribution is 6.30. The number of halogens is 1. The molecule has 2 atom stereocenters. The molecule has 2 aliphatic rings. The van der Waals surface area contributed by atoms with Crippen LogP contribution in [0.5, 0.6) is 0 Å². The highest BCUT2D eigenvalue weighted by Gasteiger charge is 2.44. The molecule has 1 saturated heterocycles. The number of allylic oxidation sites excluding steroid dienone is 2. The monoisotopic (exact) mass is 405 g/mol. The second-order valence-corrected chi connectivity index (χ2v) is 7.22. The number of carbonyl (C=O) groups excluding carboxylic acids is 2. The van der Waals surface area contributed by atoms with Gasteiger partial charge < -0.3 is 19.1 Å². The zero-order valence-electron chi connectivity index (χ0n) is 16.2. The normalized spacial score (nSPS) is 22.6. The molecule has 0 unspecified atom stereocenters. The molecule has 0 aromatic heterocycles. The van der Waals surface area contributed by atoms with E-state index in [0.717, 1.165) is 16.8 Å². The topological polar surface area (TPSA) is 65.1 Å². The van der Waals surface area contributed by atoms with Crippen molar-refractivity contribution in [1.82, 2.24) is 4.90 Å². The number of ether oxygens (including phenoxy) is 3. The second kappa shape index (κ2) is 8.80. The van der Waals surface area contributed by atoms with Crippen molar-refractivity contribution < 1.29 is 23.8 Å². The van der Waals surface area contributed by atoms with E-state index in [-0.39, 0.29) is 0 Å². The van der Waals surface area contributed by atoms with E-state index in [1.807, 2.05) is 25.1 Å². The minimum atomic E-state index is -0.665. The summed E-state index contributed by atoms with van der Waals surface area (Å²) in [5.41, 5.74) is 2.87. The lowest BCUT2D eigenvalue weighted by atomic mass is 9.73. The van der Waals surface area contributed by atoms with Crippen LogP contribution in [0.4, 0.5) is 0 Å². The summed E-state index contributed by atoms with van der Waals surface area (Å²) in [5, 5.41) is 0.582. The minimum absolute atomic E-state index is 0.397. The molecule has 0 N–H and O–H groups in total. The Morgan fingerprint density at radius 1 is 1.11 bits per heavy atom. The second-order valence-electron chi connectivity index (χ2n) is 6.79. The van der Waals surface area contributed by atoms with Gasteiger partial charge >= 0.3 is 11.9 Å². The Balaban J connectivity index is 2.17. The first-order valence-electron chi connectivity index (χ1n) is 9.14. The third-order valence-corrected chi connectivity index (χ3v) is 5.47. The number of benzene rings is 1. The molecule has 0 spiro atoms. The lowest BCUT2D eigenvalue weighted by Gasteiger charge is -2.40. The van der Waals surface area contributed by atoms with Gasteiger partial charge in [0.1, 0.15) is 5.92 Å². The van der Waals surface area contributed by atoms with Crippen molar-refractivity contribution in [1.29, 1.82) is 0 Å². The van der Waals surface area contributed by atoms with E-state index in [1.165, 1.54) is 14.2 Å². The molecule has 7 heteroatoms. The Labute approximate surface area is 169 Å². The van der Waals surface area contributed by atoms with Crippen molar-refractivity contribution in [3.63, 3.8) is 0 Å². The predicted molar refractivity (Wildman–Crippen MR) is 105 cm³/mol. The summed E-state index contributed by atoms with van der Waals surface area (Å²) in [6.45, 7) is 4.39. The van der Waals surface area contributed by atoms with E-state index in [1.54, 1.807) is 12.1 Å². The van der Waals surface area contributed by atoms with E-state index < -0.39 is 23.8 Å². The van der Waals surface area contributed by atoms with Gasteiger partial charge in [0.2, 0.25) is 0 Å². The summed E-state index contributed by atoms with van der Waals surface area (Å²) in [7, 11) is 2.71. The zero-order valence-corrected chi connectivity index (χ0v) is 17.0. The van der Waals surface area contributed by atoms with Crippen LogP contribution in [0.3, 0.4) is 0 Å². The Kier molecular flexibility index (Phi) is 6.42.